The average molecular weight is 412 g/mol. The Hall–Kier alpha value is -3.64. The Kier molecular flexibility index (Phi) is 7.58. The van der Waals surface area contributed by atoms with Gasteiger partial charge in [-0.2, -0.15) is 29.9 Å². The second-order valence-corrected chi connectivity index (χ2v) is 6.15. The number of hydrogen-bond donors (Lipinski definition) is 6. The number of aromatic nitrogens is 6. The molecule has 0 fully saturated rings. The largest absolute Gasteiger partial charge is 0.396 e. The molecular weight excluding hydrogens is 388 g/mol. The lowest BCUT2D eigenvalue weighted by Gasteiger charge is -2.10. The molecule has 30 heavy (non-hydrogen) atoms. The number of para-hydroxylation sites is 1. The van der Waals surface area contributed by atoms with Crippen LogP contribution in [0.3, 0.4) is 0 Å². The molecule has 0 bridgehead atoms. The monoisotopic (exact) mass is 412 g/mol. The van der Waals surface area contributed by atoms with Gasteiger partial charge in [-0.1, -0.05) is 18.2 Å². The van der Waals surface area contributed by atoms with E-state index in [-0.39, 0.29) is 36.8 Å². The van der Waals surface area contributed by atoms with Crippen molar-refractivity contribution in [1.82, 2.24) is 29.9 Å². The molecule has 1 aromatic carbocycles. The third-order valence-electron chi connectivity index (χ3n) is 3.75. The van der Waals surface area contributed by atoms with E-state index in [0.717, 1.165) is 5.69 Å². The first kappa shape index (κ1) is 21.1. The lowest BCUT2D eigenvalue weighted by molar-refractivity contribution is 0.292. The number of nitrogens with two attached hydrogens (primary N) is 1. The molecule has 7 N–H and O–H groups in total. The Morgan fingerprint density at radius 3 is 1.87 bits per heavy atom. The van der Waals surface area contributed by atoms with Crippen molar-refractivity contribution in [1.29, 1.82) is 0 Å². The zero-order chi connectivity index (χ0) is 21.2. The molecule has 12 nitrogen and oxygen atoms in total. The molecule has 0 spiro atoms. The highest BCUT2D eigenvalue weighted by Gasteiger charge is 2.14. The first-order chi connectivity index (χ1) is 14.7. The molecule has 0 saturated carbocycles. The maximum atomic E-state index is 8.98. The fraction of sp³-hybridized carbons (Fsp3) is 0.333. The number of anilines is 5. The quantitative estimate of drug-likeness (QED) is 0.242. The lowest BCUT2D eigenvalue weighted by Crippen LogP contribution is -2.14. The van der Waals surface area contributed by atoms with Crippen molar-refractivity contribution >= 4 is 29.5 Å². The molecule has 3 aromatic rings. The molecule has 0 radical (unpaired) electrons. The van der Waals surface area contributed by atoms with Gasteiger partial charge in [-0.3, -0.25) is 0 Å². The summed E-state index contributed by atoms with van der Waals surface area (Å²) in [4.78, 5) is 25.6. The van der Waals surface area contributed by atoms with Crippen LogP contribution < -0.4 is 21.7 Å². The maximum Gasteiger partial charge on any atom is 0.232 e. The molecule has 0 aliphatic heterocycles. The zero-order valence-corrected chi connectivity index (χ0v) is 16.3. The first-order valence-corrected chi connectivity index (χ1v) is 9.47. The normalized spacial score (nSPS) is 10.6. The Balaban J connectivity index is 1.89. The van der Waals surface area contributed by atoms with Crippen LogP contribution in [0, 0.1) is 0 Å². The third kappa shape index (κ3) is 6.18. The van der Waals surface area contributed by atoms with E-state index in [1.165, 1.54) is 0 Å². The molecule has 2 heterocycles. The summed E-state index contributed by atoms with van der Waals surface area (Å²) in [5.41, 5.74) is 6.66. The molecule has 2 aromatic heterocycles. The van der Waals surface area contributed by atoms with Crippen LogP contribution in [0.5, 0.6) is 0 Å². The highest BCUT2D eigenvalue weighted by atomic mass is 16.3. The van der Waals surface area contributed by atoms with Gasteiger partial charge in [-0.25, -0.2) is 0 Å². The molecule has 0 aliphatic rings. The average Bonchev–Trinajstić information content (AvgIpc) is 2.74. The second kappa shape index (κ2) is 10.8. The molecule has 0 amide bonds. The number of hydrogen-bond acceptors (Lipinski definition) is 12. The predicted molar refractivity (Wildman–Crippen MR) is 113 cm³/mol. The van der Waals surface area contributed by atoms with E-state index in [0.29, 0.717) is 37.8 Å². The minimum atomic E-state index is 0.0171. The van der Waals surface area contributed by atoms with E-state index in [1.54, 1.807) is 0 Å². The number of aliphatic hydroxyl groups is 2. The number of benzene rings is 1. The number of rotatable bonds is 11. The van der Waals surface area contributed by atoms with Crippen LogP contribution in [0.1, 0.15) is 12.8 Å². The summed E-state index contributed by atoms with van der Waals surface area (Å²) >= 11 is 0. The van der Waals surface area contributed by atoms with Crippen LogP contribution in [0.25, 0.3) is 11.6 Å². The summed E-state index contributed by atoms with van der Waals surface area (Å²) in [6.45, 7) is 1.06. The van der Waals surface area contributed by atoms with E-state index in [9.17, 15) is 0 Å². The van der Waals surface area contributed by atoms with E-state index >= 15 is 0 Å². The fourth-order valence-corrected chi connectivity index (χ4v) is 2.39. The van der Waals surface area contributed by atoms with Gasteiger partial charge in [0.25, 0.3) is 0 Å². The molecular formula is C18H24N10O2. The third-order valence-corrected chi connectivity index (χ3v) is 3.75. The molecule has 0 saturated heterocycles. The van der Waals surface area contributed by atoms with Crippen molar-refractivity contribution in [3.8, 4) is 11.6 Å². The van der Waals surface area contributed by atoms with Gasteiger partial charge in [-0.05, 0) is 25.0 Å². The standard InChI is InChI=1S/C18H24N10O2/c19-15-23-13(26-18(27-15)22-12-6-2-1-3-7-12)14-24-16(20-8-4-10-29)28-17(25-14)21-9-5-11-30/h1-3,6-7,29-30H,4-5,8-11H2,(H3,19,22,23,26,27)(H2,20,21,24,25,28). The molecule has 0 unspecified atom stereocenters. The van der Waals surface area contributed by atoms with Crippen molar-refractivity contribution in [3.63, 3.8) is 0 Å². The van der Waals surface area contributed by atoms with Crippen LogP contribution in [0.4, 0.5) is 29.5 Å². The minimum absolute atomic E-state index is 0.0171. The summed E-state index contributed by atoms with van der Waals surface area (Å²) in [6.07, 6.45) is 1.08. The number of nitrogens with one attached hydrogen (secondary N) is 3. The highest BCUT2D eigenvalue weighted by molar-refractivity contribution is 5.57. The fourth-order valence-electron chi connectivity index (χ4n) is 2.39. The Labute approximate surface area is 173 Å². The van der Waals surface area contributed by atoms with Crippen LogP contribution in [-0.2, 0) is 0 Å². The smallest absolute Gasteiger partial charge is 0.232 e. The van der Waals surface area contributed by atoms with Gasteiger partial charge in [0, 0.05) is 32.0 Å². The summed E-state index contributed by atoms with van der Waals surface area (Å²) < 4.78 is 0. The molecule has 12 heteroatoms. The summed E-state index contributed by atoms with van der Waals surface area (Å²) in [5.74, 6) is 1.26. The van der Waals surface area contributed by atoms with Crippen molar-refractivity contribution in [2.75, 3.05) is 48.0 Å². The van der Waals surface area contributed by atoms with Crippen LogP contribution in [-0.4, -0.2) is 66.4 Å². The predicted octanol–water partition coefficient (Wildman–Crippen LogP) is 0.638. The lowest BCUT2D eigenvalue weighted by atomic mass is 10.3. The SMILES string of the molecule is Nc1nc(Nc2ccccc2)nc(-c2nc(NCCCO)nc(NCCCO)n2)n1. The summed E-state index contributed by atoms with van der Waals surface area (Å²) in [6, 6.07) is 9.41. The van der Waals surface area contributed by atoms with Crippen molar-refractivity contribution < 1.29 is 10.2 Å². The zero-order valence-electron chi connectivity index (χ0n) is 16.3. The molecule has 3 rings (SSSR count). The second-order valence-electron chi connectivity index (χ2n) is 6.15. The van der Waals surface area contributed by atoms with Crippen molar-refractivity contribution in [2.45, 2.75) is 12.8 Å². The number of aliphatic hydroxyl groups excluding tert-OH is 2. The van der Waals surface area contributed by atoms with Gasteiger partial charge in [0.05, 0.1) is 0 Å². The molecule has 0 atom stereocenters. The van der Waals surface area contributed by atoms with Gasteiger partial charge in [-0.15, -0.1) is 0 Å². The van der Waals surface area contributed by atoms with Gasteiger partial charge in [0.2, 0.25) is 35.4 Å². The highest BCUT2D eigenvalue weighted by Crippen LogP contribution is 2.18. The van der Waals surface area contributed by atoms with E-state index in [1.807, 2.05) is 30.3 Å². The maximum absolute atomic E-state index is 8.98. The van der Waals surface area contributed by atoms with Crippen molar-refractivity contribution in [2.24, 2.45) is 0 Å². The Morgan fingerprint density at radius 2 is 1.27 bits per heavy atom. The Morgan fingerprint density at radius 1 is 0.700 bits per heavy atom. The van der Waals surface area contributed by atoms with Crippen LogP contribution in [0.15, 0.2) is 30.3 Å². The molecule has 158 valence electrons. The van der Waals surface area contributed by atoms with Crippen LogP contribution in [0.2, 0.25) is 0 Å². The number of nitrogens with zero attached hydrogens (tertiary/aromatic N) is 6. The van der Waals surface area contributed by atoms with Gasteiger partial charge in [0.1, 0.15) is 0 Å². The molecule has 0 aliphatic carbocycles. The Bertz CT molecular complexity index is 913. The first-order valence-electron chi connectivity index (χ1n) is 9.47. The van der Waals surface area contributed by atoms with E-state index in [4.69, 9.17) is 15.9 Å². The van der Waals surface area contributed by atoms with Gasteiger partial charge in [0.15, 0.2) is 0 Å². The topological polar surface area (TPSA) is 180 Å². The number of nitrogen functional groups attached to an aromatic ring is 1. The summed E-state index contributed by atoms with van der Waals surface area (Å²) in [7, 11) is 0. The van der Waals surface area contributed by atoms with E-state index < -0.39 is 0 Å². The van der Waals surface area contributed by atoms with Crippen LogP contribution >= 0.6 is 0 Å². The van der Waals surface area contributed by atoms with Crippen molar-refractivity contribution in [3.05, 3.63) is 30.3 Å². The summed E-state index contributed by atoms with van der Waals surface area (Å²) in [5, 5.41) is 27.1. The minimum Gasteiger partial charge on any atom is -0.396 e. The van der Waals surface area contributed by atoms with Gasteiger partial charge < -0.3 is 31.9 Å². The van der Waals surface area contributed by atoms with E-state index in [2.05, 4.69) is 45.9 Å². The van der Waals surface area contributed by atoms with Gasteiger partial charge >= 0.3 is 0 Å².